The summed E-state index contributed by atoms with van der Waals surface area (Å²) >= 11 is 1.17. The molecule has 2 heterocycles. The molecule has 2 aromatic heterocycles. The SMILES string of the molecule is NC(=O)c1nc(-c2sccc2NC(=O)C(N)c2ccccc2)[nH]c(=O)c1O. The molecule has 0 radical (unpaired) electrons. The highest BCUT2D eigenvalue weighted by Gasteiger charge is 2.21. The average Bonchev–Trinajstić information content (AvgIpc) is 3.11. The minimum atomic E-state index is -1.05. The summed E-state index contributed by atoms with van der Waals surface area (Å²) in [5, 5.41) is 14.0. The van der Waals surface area contributed by atoms with Gasteiger partial charge in [-0.1, -0.05) is 30.3 Å². The molecule has 3 rings (SSSR count). The molecule has 1 aromatic carbocycles. The molecule has 0 aliphatic rings. The van der Waals surface area contributed by atoms with Crippen molar-refractivity contribution in [3.05, 3.63) is 63.4 Å². The first-order valence-corrected chi connectivity index (χ1v) is 8.58. The largest absolute Gasteiger partial charge is 0.501 e. The molecule has 0 spiro atoms. The predicted octanol–water partition coefficient (Wildman–Crippen LogP) is 0.941. The number of carbonyl (C=O) groups is 2. The summed E-state index contributed by atoms with van der Waals surface area (Å²) < 4.78 is 0. The maximum atomic E-state index is 12.5. The number of nitrogens with zero attached hydrogens (tertiary/aromatic N) is 1. The van der Waals surface area contributed by atoms with Crippen LogP contribution in [0.5, 0.6) is 5.75 Å². The number of aromatic hydroxyl groups is 1. The Labute approximate surface area is 156 Å². The Hall–Kier alpha value is -3.50. The number of H-pyrrole nitrogens is 1. The number of hydrogen-bond acceptors (Lipinski definition) is 7. The zero-order valence-electron chi connectivity index (χ0n) is 13.8. The Morgan fingerprint density at radius 2 is 1.93 bits per heavy atom. The molecule has 27 heavy (non-hydrogen) atoms. The summed E-state index contributed by atoms with van der Waals surface area (Å²) in [5.41, 5.74) is 10.6. The Morgan fingerprint density at radius 1 is 1.22 bits per heavy atom. The summed E-state index contributed by atoms with van der Waals surface area (Å²) in [6.07, 6.45) is 0. The van der Waals surface area contributed by atoms with Gasteiger partial charge in [-0.15, -0.1) is 11.3 Å². The molecule has 138 valence electrons. The highest BCUT2D eigenvalue weighted by atomic mass is 32.1. The normalized spacial score (nSPS) is 11.7. The number of aromatic amines is 1. The fraction of sp³-hybridized carbons (Fsp3) is 0.0588. The van der Waals surface area contributed by atoms with E-state index in [4.69, 9.17) is 11.5 Å². The van der Waals surface area contributed by atoms with Crippen LogP contribution in [0.1, 0.15) is 22.1 Å². The molecule has 1 unspecified atom stereocenters. The smallest absolute Gasteiger partial charge is 0.294 e. The molecular weight excluding hydrogens is 370 g/mol. The number of primary amides is 1. The van der Waals surface area contributed by atoms with Crippen molar-refractivity contribution in [1.29, 1.82) is 0 Å². The van der Waals surface area contributed by atoms with Crippen molar-refractivity contribution in [2.24, 2.45) is 11.5 Å². The number of nitrogens with one attached hydrogen (secondary N) is 2. The van der Waals surface area contributed by atoms with E-state index in [0.29, 0.717) is 16.1 Å². The van der Waals surface area contributed by atoms with Crippen LogP contribution in [0.4, 0.5) is 5.69 Å². The summed E-state index contributed by atoms with van der Waals surface area (Å²) in [6, 6.07) is 9.53. The van der Waals surface area contributed by atoms with E-state index in [1.165, 1.54) is 11.3 Å². The van der Waals surface area contributed by atoms with Crippen LogP contribution < -0.4 is 22.3 Å². The molecular formula is C17H15N5O4S. The summed E-state index contributed by atoms with van der Waals surface area (Å²) in [4.78, 5) is 42.3. The van der Waals surface area contributed by atoms with Crippen molar-refractivity contribution in [2.75, 3.05) is 5.32 Å². The van der Waals surface area contributed by atoms with Gasteiger partial charge in [0.1, 0.15) is 6.04 Å². The Morgan fingerprint density at radius 3 is 2.59 bits per heavy atom. The van der Waals surface area contributed by atoms with Gasteiger partial charge in [-0.2, -0.15) is 0 Å². The summed E-state index contributed by atoms with van der Waals surface area (Å²) in [5.74, 6) is -2.38. The molecule has 0 aliphatic carbocycles. The monoisotopic (exact) mass is 385 g/mol. The van der Waals surface area contributed by atoms with Crippen LogP contribution in [0, 0.1) is 0 Å². The van der Waals surface area contributed by atoms with Gasteiger partial charge < -0.3 is 26.9 Å². The maximum Gasteiger partial charge on any atom is 0.294 e. The number of anilines is 1. The third-order valence-electron chi connectivity index (χ3n) is 3.71. The van der Waals surface area contributed by atoms with Gasteiger partial charge in [0.15, 0.2) is 11.5 Å². The number of amides is 2. The van der Waals surface area contributed by atoms with Crippen LogP contribution in [0.15, 0.2) is 46.6 Å². The van der Waals surface area contributed by atoms with Gasteiger partial charge in [0.25, 0.3) is 11.5 Å². The van der Waals surface area contributed by atoms with Gasteiger partial charge in [-0.25, -0.2) is 4.98 Å². The van der Waals surface area contributed by atoms with E-state index in [0.717, 1.165) is 0 Å². The number of carbonyl (C=O) groups excluding carboxylic acids is 2. The van der Waals surface area contributed by atoms with Crippen LogP contribution in [0.3, 0.4) is 0 Å². The number of nitrogens with two attached hydrogens (primary N) is 2. The second-order valence-electron chi connectivity index (χ2n) is 5.52. The lowest BCUT2D eigenvalue weighted by Gasteiger charge is -2.13. The molecule has 0 fully saturated rings. The molecule has 9 nitrogen and oxygen atoms in total. The topological polar surface area (TPSA) is 164 Å². The van der Waals surface area contributed by atoms with E-state index in [1.54, 1.807) is 35.7 Å². The van der Waals surface area contributed by atoms with Gasteiger partial charge in [0.2, 0.25) is 11.7 Å². The van der Waals surface area contributed by atoms with Crippen LogP contribution in [0.25, 0.3) is 10.7 Å². The van der Waals surface area contributed by atoms with Crippen molar-refractivity contribution in [1.82, 2.24) is 9.97 Å². The maximum absolute atomic E-state index is 12.5. The molecule has 0 aliphatic heterocycles. The van der Waals surface area contributed by atoms with E-state index < -0.39 is 34.9 Å². The standard InChI is InChI=1S/C17H15N5O4S/c18-10(8-4-2-1-3-5-8)16(25)20-9-6-7-27-13(9)15-21-11(14(19)24)12(23)17(26)22-15/h1-7,10,23H,18H2,(H2,19,24)(H,20,25)(H,21,22,26). The highest BCUT2D eigenvalue weighted by molar-refractivity contribution is 7.14. The molecule has 0 saturated heterocycles. The number of thiophene rings is 1. The van der Waals surface area contributed by atoms with Gasteiger partial charge in [-0.05, 0) is 17.0 Å². The Balaban J connectivity index is 1.92. The quantitative estimate of drug-likeness (QED) is 0.438. The van der Waals surface area contributed by atoms with E-state index in [2.05, 4.69) is 15.3 Å². The molecule has 10 heteroatoms. The average molecular weight is 385 g/mol. The molecule has 0 bridgehead atoms. The Kier molecular flexibility index (Phi) is 5.01. The lowest BCUT2D eigenvalue weighted by atomic mass is 10.1. The predicted molar refractivity (Wildman–Crippen MR) is 100 cm³/mol. The van der Waals surface area contributed by atoms with Crippen molar-refractivity contribution < 1.29 is 14.7 Å². The number of aromatic nitrogens is 2. The minimum absolute atomic E-state index is 0.00909. The zero-order chi connectivity index (χ0) is 19.6. The number of hydrogen-bond donors (Lipinski definition) is 5. The first kappa shape index (κ1) is 18.3. The van der Waals surface area contributed by atoms with Gasteiger partial charge in [-0.3, -0.25) is 14.4 Å². The van der Waals surface area contributed by atoms with Crippen LogP contribution in [-0.2, 0) is 4.79 Å². The summed E-state index contributed by atoms with van der Waals surface area (Å²) in [7, 11) is 0. The number of rotatable bonds is 5. The fourth-order valence-electron chi connectivity index (χ4n) is 2.36. The lowest BCUT2D eigenvalue weighted by molar-refractivity contribution is -0.117. The third kappa shape index (κ3) is 3.71. The van der Waals surface area contributed by atoms with Crippen LogP contribution >= 0.6 is 11.3 Å². The molecule has 2 amide bonds. The highest BCUT2D eigenvalue weighted by Crippen LogP contribution is 2.32. The van der Waals surface area contributed by atoms with Crippen LogP contribution in [-0.4, -0.2) is 26.9 Å². The molecule has 7 N–H and O–H groups in total. The molecule has 3 aromatic rings. The van der Waals surface area contributed by atoms with Gasteiger partial charge in [0, 0.05) is 0 Å². The second-order valence-corrected chi connectivity index (χ2v) is 6.43. The Bertz CT molecular complexity index is 1060. The van der Waals surface area contributed by atoms with Gasteiger partial charge >= 0.3 is 0 Å². The second kappa shape index (κ2) is 7.40. The van der Waals surface area contributed by atoms with E-state index in [9.17, 15) is 19.5 Å². The van der Waals surface area contributed by atoms with E-state index >= 15 is 0 Å². The number of benzene rings is 1. The first-order chi connectivity index (χ1) is 12.9. The van der Waals surface area contributed by atoms with Crippen LogP contribution in [0.2, 0.25) is 0 Å². The fourth-order valence-corrected chi connectivity index (χ4v) is 3.15. The van der Waals surface area contributed by atoms with E-state index in [-0.39, 0.29) is 5.82 Å². The minimum Gasteiger partial charge on any atom is -0.501 e. The third-order valence-corrected chi connectivity index (χ3v) is 4.63. The lowest BCUT2D eigenvalue weighted by Crippen LogP contribution is -2.27. The zero-order valence-corrected chi connectivity index (χ0v) is 14.6. The summed E-state index contributed by atoms with van der Waals surface area (Å²) in [6.45, 7) is 0. The van der Waals surface area contributed by atoms with Crippen molar-refractivity contribution in [2.45, 2.75) is 6.04 Å². The van der Waals surface area contributed by atoms with Crippen molar-refractivity contribution >= 4 is 28.8 Å². The van der Waals surface area contributed by atoms with Gasteiger partial charge in [0.05, 0.1) is 10.6 Å². The molecule has 0 saturated carbocycles. The molecule has 1 atom stereocenters. The van der Waals surface area contributed by atoms with Crippen molar-refractivity contribution in [3.63, 3.8) is 0 Å². The van der Waals surface area contributed by atoms with E-state index in [1.807, 2.05) is 6.07 Å². The van der Waals surface area contributed by atoms with Crippen molar-refractivity contribution in [3.8, 4) is 16.5 Å². The first-order valence-electron chi connectivity index (χ1n) is 7.71.